The van der Waals surface area contributed by atoms with Crippen LogP contribution in [0.15, 0.2) is 54.6 Å². The van der Waals surface area contributed by atoms with Crippen LogP contribution in [0.3, 0.4) is 0 Å². The molecule has 0 bridgehead atoms. The van der Waals surface area contributed by atoms with Gasteiger partial charge in [-0.2, -0.15) is 0 Å². The van der Waals surface area contributed by atoms with E-state index in [1.807, 2.05) is 24.3 Å². The van der Waals surface area contributed by atoms with Crippen LogP contribution in [0.4, 0.5) is 0 Å². The van der Waals surface area contributed by atoms with Gasteiger partial charge in [-0.05, 0) is 36.1 Å². The lowest BCUT2D eigenvalue weighted by Crippen LogP contribution is -1.90. The highest BCUT2D eigenvalue weighted by Crippen LogP contribution is 2.33. The van der Waals surface area contributed by atoms with Crippen LogP contribution in [0.25, 0.3) is 20.5 Å². The topological polar surface area (TPSA) is 17.1 Å². The maximum Gasteiger partial charge on any atom is 0.159 e. The van der Waals surface area contributed by atoms with E-state index < -0.39 is 0 Å². The molecule has 3 aromatic rings. The molecule has 0 saturated heterocycles. The van der Waals surface area contributed by atoms with Crippen molar-refractivity contribution >= 4 is 27.2 Å². The number of benzene rings is 2. The molecule has 0 aliphatic rings. The normalized spacial score (nSPS) is 10.7. The summed E-state index contributed by atoms with van der Waals surface area (Å²) in [6.07, 6.45) is 0. The van der Waals surface area contributed by atoms with Crippen molar-refractivity contribution in [3.8, 4) is 10.4 Å². The average Bonchev–Trinajstić information content (AvgIpc) is 2.82. The minimum atomic E-state index is 0.109. The molecule has 2 aromatic carbocycles. The smallest absolute Gasteiger partial charge is 0.159 e. The molecule has 0 unspecified atom stereocenters. The van der Waals surface area contributed by atoms with Crippen molar-refractivity contribution in [2.45, 2.75) is 6.92 Å². The van der Waals surface area contributed by atoms with Gasteiger partial charge in [0.25, 0.3) is 0 Å². The van der Waals surface area contributed by atoms with E-state index in [4.69, 9.17) is 0 Å². The highest BCUT2D eigenvalue weighted by molar-refractivity contribution is 7.22. The molecule has 0 saturated carbocycles. The maximum atomic E-state index is 11.4. The van der Waals surface area contributed by atoms with E-state index in [1.54, 1.807) is 18.3 Å². The second kappa shape index (κ2) is 4.39. The number of hydrogen-bond acceptors (Lipinski definition) is 2. The first-order valence-corrected chi connectivity index (χ1v) is 6.65. The van der Waals surface area contributed by atoms with Crippen molar-refractivity contribution in [1.29, 1.82) is 0 Å². The number of carbonyl (C=O) groups is 1. The van der Waals surface area contributed by atoms with E-state index in [0.29, 0.717) is 0 Å². The van der Waals surface area contributed by atoms with Gasteiger partial charge in [0, 0.05) is 15.1 Å². The van der Waals surface area contributed by atoms with Crippen LogP contribution in [-0.4, -0.2) is 5.78 Å². The maximum absolute atomic E-state index is 11.4. The Kier molecular flexibility index (Phi) is 2.73. The summed E-state index contributed by atoms with van der Waals surface area (Å²) in [7, 11) is 0. The SMILES string of the molecule is CC(=O)c1cccc(-c2cc3ccccc3s2)c1. The molecule has 18 heavy (non-hydrogen) atoms. The summed E-state index contributed by atoms with van der Waals surface area (Å²) in [6.45, 7) is 1.60. The third-order valence-corrected chi connectivity index (χ3v) is 4.14. The Bertz CT molecular complexity index is 692. The second-order valence-corrected chi connectivity index (χ2v) is 5.37. The molecule has 3 rings (SSSR count). The van der Waals surface area contributed by atoms with Gasteiger partial charge >= 0.3 is 0 Å². The second-order valence-electron chi connectivity index (χ2n) is 4.29. The van der Waals surface area contributed by atoms with E-state index in [2.05, 4.69) is 30.3 Å². The number of ketones is 1. The predicted molar refractivity (Wildman–Crippen MR) is 77.3 cm³/mol. The zero-order valence-corrected chi connectivity index (χ0v) is 10.8. The molecule has 0 N–H and O–H groups in total. The molecule has 2 heteroatoms. The number of carbonyl (C=O) groups excluding carboxylic acids is 1. The van der Waals surface area contributed by atoms with Crippen molar-refractivity contribution in [3.63, 3.8) is 0 Å². The van der Waals surface area contributed by atoms with Gasteiger partial charge in [-0.1, -0.05) is 36.4 Å². The molecule has 0 aliphatic carbocycles. The third kappa shape index (κ3) is 1.95. The fourth-order valence-electron chi connectivity index (χ4n) is 2.02. The number of thiophene rings is 1. The first kappa shape index (κ1) is 11.2. The Morgan fingerprint density at radius 1 is 1.00 bits per heavy atom. The van der Waals surface area contributed by atoms with Gasteiger partial charge in [-0.3, -0.25) is 4.79 Å². The molecule has 1 nitrogen and oxygen atoms in total. The van der Waals surface area contributed by atoms with Crippen LogP contribution < -0.4 is 0 Å². The Morgan fingerprint density at radius 2 is 1.83 bits per heavy atom. The van der Waals surface area contributed by atoms with Gasteiger partial charge in [0.15, 0.2) is 5.78 Å². The summed E-state index contributed by atoms with van der Waals surface area (Å²) in [4.78, 5) is 12.6. The summed E-state index contributed by atoms with van der Waals surface area (Å²) in [5.41, 5.74) is 1.88. The largest absolute Gasteiger partial charge is 0.295 e. The van der Waals surface area contributed by atoms with Crippen LogP contribution in [-0.2, 0) is 0 Å². The first-order chi connectivity index (χ1) is 8.74. The Morgan fingerprint density at radius 3 is 2.61 bits per heavy atom. The lowest BCUT2D eigenvalue weighted by Gasteiger charge is -1.99. The van der Waals surface area contributed by atoms with Gasteiger partial charge in [0.05, 0.1) is 0 Å². The quantitative estimate of drug-likeness (QED) is 0.600. The monoisotopic (exact) mass is 252 g/mol. The minimum Gasteiger partial charge on any atom is -0.295 e. The van der Waals surface area contributed by atoms with Gasteiger partial charge in [-0.15, -0.1) is 11.3 Å². The summed E-state index contributed by atoms with van der Waals surface area (Å²) in [6, 6.07) is 18.3. The van der Waals surface area contributed by atoms with Crippen LogP contribution in [0.2, 0.25) is 0 Å². The third-order valence-electron chi connectivity index (χ3n) is 2.98. The summed E-state index contributed by atoms with van der Waals surface area (Å²) < 4.78 is 1.28. The summed E-state index contributed by atoms with van der Waals surface area (Å²) in [5.74, 6) is 0.109. The first-order valence-electron chi connectivity index (χ1n) is 5.84. The number of fused-ring (bicyclic) bond motifs is 1. The molecule has 0 amide bonds. The zero-order valence-electron chi connectivity index (χ0n) is 10.0. The Balaban J connectivity index is 2.13. The lowest BCUT2D eigenvalue weighted by molar-refractivity contribution is 0.101. The van der Waals surface area contributed by atoms with Crippen molar-refractivity contribution in [1.82, 2.24) is 0 Å². The van der Waals surface area contributed by atoms with E-state index in [-0.39, 0.29) is 5.78 Å². The summed E-state index contributed by atoms with van der Waals surface area (Å²) in [5, 5.41) is 1.26. The molecule has 0 spiro atoms. The van der Waals surface area contributed by atoms with Crippen molar-refractivity contribution in [2.24, 2.45) is 0 Å². The molecular weight excluding hydrogens is 240 g/mol. The zero-order chi connectivity index (χ0) is 12.5. The van der Waals surface area contributed by atoms with Gasteiger partial charge in [0.2, 0.25) is 0 Å². The fourth-order valence-corrected chi connectivity index (χ4v) is 3.07. The molecule has 0 fully saturated rings. The van der Waals surface area contributed by atoms with Crippen molar-refractivity contribution in [3.05, 3.63) is 60.2 Å². The fraction of sp³-hybridized carbons (Fsp3) is 0.0625. The predicted octanol–water partition coefficient (Wildman–Crippen LogP) is 4.77. The van der Waals surface area contributed by atoms with E-state index >= 15 is 0 Å². The standard InChI is InChI=1S/C16H12OS/c1-11(17)12-6-4-7-13(9-12)16-10-14-5-2-3-8-15(14)18-16/h2-10H,1H3. The molecule has 88 valence electrons. The van der Waals surface area contributed by atoms with E-state index in [9.17, 15) is 4.79 Å². The number of hydrogen-bond donors (Lipinski definition) is 0. The highest BCUT2D eigenvalue weighted by Gasteiger charge is 2.06. The number of rotatable bonds is 2. The van der Waals surface area contributed by atoms with Crippen molar-refractivity contribution < 1.29 is 4.79 Å². The molecule has 1 heterocycles. The van der Waals surface area contributed by atoms with Gasteiger partial charge in [-0.25, -0.2) is 0 Å². The molecule has 1 aromatic heterocycles. The average molecular weight is 252 g/mol. The number of Topliss-reactive ketones (excluding diaryl/α,β-unsaturated/α-hetero) is 1. The van der Waals surface area contributed by atoms with Crippen LogP contribution >= 0.6 is 11.3 Å². The van der Waals surface area contributed by atoms with Crippen LogP contribution in [0.1, 0.15) is 17.3 Å². The van der Waals surface area contributed by atoms with Gasteiger partial charge in [0.1, 0.15) is 0 Å². The van der Waals surface area contributed by atoms with Gasteiger partial charge < -0.3 is 0 Å². The minimum absolute atomic E-state index is 0.109. The van der Waals surface area contributed by atoms with Crippen molar-refractivity contribution in [2.75, 3.05) is 0 Å². The highest BCUT2D eigenvalue weighted by atomic mass is 32.1. The van der Waals surface area contributed by atoms with Crippen LogP contribution in [0.5, 0.6) is 0 Å². The molecule has 0 aliphatic heterocycles. The molecular formula is C16H12OS. The Hall–Kier alpha value is -1.93. The Labute approximate surface area is 110 Å². The lowest BCUT2D eigenvalue weighted by atomic mass is 10.1. The van der Waals surface area contributed by atoms with Crippen LogP contribution in [0, 0.1) is 0 Å². The van der Waals surface area contributed by atoms with E-state index in [0.717, 1.165) is 11.1 Å². The molecule has 0 atom stereocenters. The molecule has 0 radical (unpaired) electrons. The van der Waals surface area contributed by atoms with E-state index in [1.165, 1.54) is 15.0 Å². The summed E-state index contributed by atoms with van der Waals surface area (Å²) >= 11 is 1.76.